The Labute approximate surface area is 110 Å². The van der Waals surface area contributed by atoms with Gasteiger partial charge in [-0.15, -0.1) is 5.10 Å². The molecule has 0 atom stereocenters. The second kappa shape index (κ2) is 5.45. The molecule has 0 amide bonds. The van der Waals surface area contributed by atoms with Gasteiger partial charge in [-0.25, -0.2) is 0 Å². The van der Waals surface area contributed by atoms with E-state index in [1.165, 1.54) is 0 Å². The zero-order valence-corrected chi connectivity index (χ0v) is 11.3. The maximum absolute atomic E-state index is 5.57. The van der Waals surface area contributed by atoms with Gasteiger partial charge >= 0.3 is 0 Å². The molecular formula is C11H18N6O2. The second-order valence-corrected chi connectivity index (χ2v) is 4.52. The van der Waals surface area contributed by atoms with Crippen LogP contribution in [0.1, 0.15) is 26.6 Å². The molecule has 0 saturated heterocycles. The molecule has 0 fully saturated rings. The van der Waals surface area contributed by atoms with Crippen LogP contribution >= 0.6 is 0 Å². The SMILES string of the molecule is CCOC(C)(C)c1noc(-c2cn(CCN)nn2)n1. The summed E-state index contributed by atoms with van der Waals surface area (Å²) in [7, 11) is 0. The van der Waals surface area contributed by atoms with Gasteiger partial charge in [-0.1, -0.05) is 10.4 Å². The van der Waals surface area contributed by atoms with Crippen LogP contribution in [0, 0.1) is 0 Å². The van der Waals surface area contributed by atoms with Gasteiger partial charge in [0.2, 0.25) is 5.82 Å². The van der Waals surface area contributed by atoms with Crippen LogP contribution < -0.4 is 5.73 Å². The fraction of sp³-hybridized carbons (Fsp3) is 0.636. The van der Waals surface area contributed by atoms with Crippen LogP contribution in [0.25, 0.3) is 11.6 Å². The minimum atomic E-state index is -0.593. The molecule has 0 unspecified atom stereocenters. The Bertz CT molecular complexity index is 533. The topological polar surface area (TPSA) is 105 Å². The molecule has 0 bridgehead atoms. The normalized spacial score (nSPS) is 12.0. The zero-order chi connectivity index (χ0) is 13.9. The van der Waals surface area contributed by atoms with Crippen molar-refractivity contribution >= 4 is 0 Å². The zero-order valence-electron chi connectivity index (χ0n) is 11.3. The van der Waals surface area contributed by atoms with Crippen molar-refractivity contribution in [3.05, 3.63) is 12.0 Å². The van der Waals surface area contributed by atoms with Crippen molar-refractivity contribution in [3.8, 4) is 11.6 Å². The van der Waals surface area contributed by atoms with E-state index >= 15 is 0 Å². The number of nitrogens with zero attached hydrogens (tertiary/aromatic N) is 5. The quantitative estimate of drug-likeness (QED) is 0.814. The Morgan fingerprint density at radius 2 is 2.26 bits per heavy atom. The van der Waals surface area contributed by atoms with Crippen LogP contribution in [0.2, 0.25) is 0 Å². The number of hydrogen-bond acceptors (Lipinski definition) is 7. The lowest BCUT2D eigenvalue weighted by Gasteiger charge is -2.19. The molecule has 2 N–H and O–H groups in total. The average molecular weight is 266 g/mol. The Kier molecular flexibility index (Phi) is 3.91. The maximum Gasteiger partial charge on any atom is 0.280 e. The van der Waals surface area contributed by atoms with Gasteiger partial charge in [-0.2, -0.15) is 4.98 Å². The summed E-state index contributed by atoms with van der Waals surface area (Å²) in [6.07, 6.45) is 1.72. The lowest BCUT2D eigenvalue weighted by Crippen LogP contribution is -2.23. The van der Waals surface area contributed by atoms with Crippen LogP contribution in [-0.2, 0) is 16.9 Å². The van der Waals surface area contributed by atoms with Gasteiger partial charge in [0.25, 0.3) is 5.89 Å². The largest absolute Gasteiger partial charge is 0.368 e. The van der Waals surface area contributed by atoms with Crippen molar-refractivity contribution in [2.45, 2.75) is 32.9 Å². The third-order valence-corrected chi connectivity index (χ3v) is 2.59. The molecular weight excluding hydrogens is 248 g/mol. The summed E-state index contributed by atoms with van der Waals surface area (Å²) in [4.78, 5) is 4.29. The van der Waals surface area contributed by atoms with Crippen LogP contribution in [0.3, 0.4) is 0 Å². The monoisotopic (exact) mass is 266 g/mol. The Balaban J connectivity index is 2.20. The minimum absolute atomic E-state index is 0.325. The van der Waals surface area contributed by atoms with Crippen LogP contribution in [-0.4, -0.2) is 38.3 Å². The van der Waals surface area contributed by atoms with E-state index in [0.717, 1.165) is 0 Å². The molecule has 0 saturated carbocycles. The summed E-state index contributed by atoms with van der Waals surface area (Å²) in [5, 5.41) is 11.8. The van der Waals surface area contributed by atoms with E-state index < -0.39 is 5.60 Å². The first-order valence-electron chi connectivity index (χ1n) is 6.15. The molecule has 8 heteroatoms. The first-order chi connectivity index (χ1) is 9.06. The van der Waals surface area contributed by atoms with E-state index in [9.17, 15) is 0 Å². The van der Waals surface area contributed by atoms with Crippen LogP contribution in [0.5, 0.6) is 0 Å². The predicted octanol–water partition coefficient (Wildman–Crippen LogP) is 0.558. The molecule has 2 aromatic heterocycles. The van der Waals surface area contributed by atoms with E-state index in [2.05, 4.69) is 20.5 Å². The number of nitrogens with two attached hydrogens (primary N) is 1. The summed E-state index contributed by atoms with van der Waals surface area (Å²) in [6.45, 7) is 7.35. The summed E-state index contributed by atoms with van der Waals surface area (Å²) >= 11 is 0. The standard InChI is InChI=1S/C11H18N6O2/c1-4-18-11(2,3)10-13-9(19-15-10)8-7-17(6-5-12)16-14-8/h7H,4-6,12H2,1-3H3. The molecule has 0 aromatic carbocycles. The summed E-state index contributed by atoms with van der Waals surface area (Å²) in [6, 6.07) is 0. The highest BCUT2D eigenvalue weighted by Gasteiger charge is 2.28. The first kappa shape index (κ1) is 13.6. The fourth-order valence-corrected chi connectivity index (χ4v) is 1.64. The highest BCUT2D eigenvalue weighted by molar-refractivity contribution is 5.43. The lowest BCUT2D eigenvalue weighted by molar-refractivity contribution is -0.0221. The van der Waals surface area contributed by atoms with E-state index in [-0.39, 0.29) is 0 Å². The van der Waals surface area contributed by atoms with Gasteiger partial charge in [0, 0.05) is 13.2 Å². The third kappa shape index (κ3) is 2.96. The van der Waals surface area contributed by atoms with E-state index in [0.29, 0.717) is 37.1 Å². The Morgan fingerprint density at radius 1 is 1.47 bits per heavy atom. The summed E-state index contributed by atoms with van der Waals surface area (Å²) < 4.78 is 12.4. The second-order valence-electron chi connectivity index (χ2n) is 4.52. The Hall–Kier alpha value is -1.80. The molecule has 19 heavy (non-hydrogen) atoms. The number of hydrogen-bond donors (Lipinski definition) is 1. The van der Waals surface area contributed by atoms with E-state index in [1.54, 1.807) is 10.9 Å². The smallest absolute Gasteiger partial charge is 0.280 e. The maximum atomic E-state index is 5.57. The van der Waals surface area contributed by atoms with Gasteiger partial charge in [-0.3, -0.25) is 4.68 Å². The van der Waals surface area contributed by atoms with Crippen molar-refractivity contribution < 1.29 is 9.26 Å². The molecule has 0 aliphatic heterocycles. The summed E-state index contributed by atoms with van der Waals surface area (Å²) in [5.41, 5.74) is 5.38. The molecule has 2 heterocycles. The molecule has 2 aromatic rings. The molecule has 0 aliphatic carbocycles. The highest BCUT2D eigenvalue weighted by atomic mass is 16.5. The average Bonchev–Trinajstić information content (AvgIpc) is 2.96. The van der Waals surface area contributed by atoms with Gasteiger partial charge in [-0.05, 0) is 20.8 Å². The predicted molar refractivity (Wildman–Crippen MR) is 67.0 cm³/mol. The van der Waals surface area contributed by atoms with Gasteiger partial charge in [0.15, 0.2) is 5.69 Å². The van der Waals surface area contributed by atoms with Gasteiger partial charge in [0.05, 0.1) is 12.7 Å². The van der Waals surface area contributed by atoms with Crippen molar-refractivity contribution in [2.75, 3.05) is 13.2 Å². The van der Waals surface area contributed by atoms with E-state index in [1.807, 2.05) is 20.8 Å². The van der Waals surface area contributed by atoms with Crippen molar-refractivity contribution in [1.82, 2.24) is 25.1 Å². The van der Waals surface area contributed by atoms with Crippen molar-refractivity contribution in [2.24, 2.45) is 5.73 Å². The van der Waals surface area contributed by atoms with Crippen molar-refractivity contribution in [1.29, 1.82) is 0 Å². The van der Waals surface area contributed by atoms with Crippen LogP contribution in [0.15, 0.2) is 10.7 Å². The van der Waals surface area contributed by atoms with Crippen molar-refractivity contribution in [3.63, 3.8) is 0 Å². The lowest BCUT2D eigenvalue weighted by atomic mass is 10.1. The number of rotatable bonds is 6. The third-order valence-electron chi connectivity index (χ3n) is 2.59. The van der Waals surface area contributed by atoms with Crippen LogP contribution in [0.4, 0.5) is 0 Å². The minimum Gasteiger partial charge on any atom is -0.368 e. The fourth-order valence-electron chi connectivity index (χ4n) is 1.64. The highest BCUT2D eigenvalue weighted by Crippen LogP contribution is 2.24. The number of ether oxygens (including phenoxy) is 1. The van der Waals surface area contributed by atoms with Gasteiger partial charge < -0.3 is 15.0 Å². The molecule has 0 aliphatic rings. The first-order valence-corrected chi connectivity index (χ1v) is 6.15. The molecule has 0 radical (unpaired) electrons. The molecule has 8 nitrogen and oxygen atoms in total. The Morgan fingerprint density at radius 3 is 2.95 bits per heavy atom. The van der Waals surface area contributed by atoms with E-state index in [4.69, 9.17) is 15.0 Å². The summed E-state index contributed by atoms with van der Waals surface area (Å²) in [5.74, 6) is 0.809. The molecule has 104 valence electrons. The molecule has 0 spiro atoms. The number of aromatic nitrogens is 5. The molecule has 2 rings (SSSR count). The van der Waals surface area contributed by atoms with Gasteiger partial charge in [0.1, 0.15) is 5.60 Å².